The molecule has 0 amide bonds. The van der Waals surface area contributed by atoms with Gasteiger partial charge in [0.15, 0.2) is 0 Å². The van der Waals surface area contributed by atoms with Gasteiger partial charge in [0.25, 0.3) is 0 Å². The smallest absolute Gasteiger partial charge is 0.422 e. The third kappa shape index (κ3) is 9.78. The van der Waals surface area contributed by atoms with Crippen LogP contribution in [-0.2, 0) is 19.0 Å². The van der Waals surface area contributed by atoms with Gasteiger partial charge in [-0.05, 0) is 145 Å². The van der Waals surface area contributed by atoms with Crippen molar-refractivity contribution in [1.29, 1.82) is 0 Å². The van der Waals surface area contributed by atoms with Gasteiger partial charge < -0.3 is 4.74 Å². The maximum atomic E-state index is 15.5. The van der Waals surface area contributed by atoms with Crippen LogP contribution in [-0.4, -0.2) is 7.11 Å². The fraction of sp³-hybridized carbons (Fsp3) is 0.103. The van der Waals surface area contributed by atoms with E-state index < -0.39 is 29.2 Å². The Balaban J connectivity index is 0.000000192. The van der Waals surface area contributed by atoms with Gasteiger partial charge in [-0.15, -0.1) is 6.58 Å². The first-order chi connectivity index (χ1) is 31.8. The van der Waals surface area contributed by atoms with E-state index >= 15 is 4.39 Å². The number of methoxy groups -OCH3 is 1. The Bertz CT molecular complexity index is 3200. The second kappa shape index (κ2) is 19.3. The minimum atomic E-state index is -5.18. The second-order valence-electron chi connectivity index (χ2n) is 15.9. The van der Waals surface area contributed by atoms with E-state index in [0.29, 0.717) is 28.8 Å². The lowest BCUT2D eigenvalue weighted by Gasteiger charge is -2.15. The molecule has 8 heteroatoms. The summed E-state index contributed by atoms with van der Waals surface area (Å²) in [6, 6.07) is 49.9. The molecule has 0 fully saturated rings. The molecule has 0 heterocycles. The molecular weight excluding hydrogens is 846 g/mol. The van der Waals surface area contributed by atoms with Crippen LogP contribution in [0.3, 0.4) is 0 Å². The molecule has 0 unspecified atom stereocenters. The van der Waals surface area contributed by atoms with Crippen LogP contribution in [0.15, 0.2) is 183 Å². The first kappa shape index (κ1) is 45.1. The van der Waals surface area contributed by atoms with E-state index in [4.69, 9.17) is 4.74 Å². The van der Waals surface area contributed by atoms with Crippen LogP contribution >= 0.6 is 0 Å². The van der Waals surface area contributed by atoms with Crippen LogP contribution < -0.4 is 4.74 Å². The average Bonchev–Trinajstić information content (AvgIpc) is 3.32. The van der Waals surface area contributed by atoms with E-state index in [1.54, 1.807) is 43.5 Å². The molecule has 0 saturated carbocycles. The predicted octanol–water partition coefficient (Wildman–Crippen LogP) is 17.3. The summed E-state index contributed by atoms with van der Waals surface area (Å²) in [7, 11) is 1.62. The van der Waals surface area contributed by atoms with Gasteiger partial charge in [-0.2, -0.15) is 13.2 Å². The topological polar surface area (TPSA) is 9.23 Å². The molecule has 330 valence electrons. The molecule has 9 aromatic rings. The molecule has 0 aliphatic heterocycles. The fourth-order valence-corrected chi connectivity index (χ4v) is 8.18. The molecule has 0 N–H and O–H groups in total. The molecule has 9 aromatic carbocycles. The summed E-state index contributed by atoms with van der Waals surface area (Å²) in [5.74, 6) is -3.50. The van der Waals surface area contributed by atoms with Gasteiger partial charge in [-0.3, -0.25) is 0 Å². The number of fused-ring (bicyclic) bond motifs is 2. The zero-order valence-corrected chi connectivity index (χ0v) is 36.1. The summed E-state index contributed by atoms with van der Waals surface area (Å²) in [6.07, 6.45) is -0.480. The van der Waals surface area contributed by atoms with E-state index in [9.17, 15) is 26.3 Å². The Morgan fingerprint density at radius 1 is 0.455 bits per heavy atom. The Morgan fingerprint density at radius 3 is 1.44 bits per heavy atom. The van der Waals surface area contributed by atoms with E-state index in [0.717, 1.165) is 58.0 Å². The summed E-state index contributed by atoms with van der Waals surface area (Å²) in [5.41, 5.74) is 5.88. The lowest BCUT2D eigenvalue weighted by Crippen LogP contribution is -2.11. The standard InChI is InChI=1S/C33H22F6.C25H21FO/c1-2-3-6-20-9-10-22-16-23(12-11-21(22)15-20)24-13-14-28(29(34)17-24)27-8-5-4-7-26(27)25-18-30(35)32(31(36)19-25)33(37,38)39;1-3-17-4-5-20-15-21(7-6-19(20)14-17)22-10-13-24(25(26)16-22)18-8-11-23(27-2)12-9-18/h2,4-5,7-19H,1,3,6H2;4-16H,3H2,1-2H3. The number of ether oxygens (including phenoxy) is 1. The van der Waals surface area contributed by atoms with E-state index in [2.05, 4.69) is 62.0 Å². The van der Waals surface area contributed by atoms with Crippen molar-refractivity contribution in [2.24, 2.45) is 0 Å². The number of hydrogen-bond donors (Lipinski definition) is 0. The molecule has 1 nitrogen and oxygen atoms in total. The number of hydrogen-bond acceptors (Lipinski definition) is 1. The first-order valence-electron chi connectivity index (χ1n) is 21.4. The number of allylic oxidation sites excluding steroid dienone is 1. The van der Waals surface area contributed by atoms with Crippen molar-refractivity contribution in [1.82, 2.24) is 0 Å². The largest absolute Gasteiger partial charge is 0.497 e. The SMILES string of the molecule is C=CCCc1ccc2cc(-c3ccc(-c4ccccc4-c4cc(F)c(C(F)(F)F)c(F)c4)c(F)c3)ccc2c1.CCc1ccc2cc(-c3ccc(-c4ccc(OC)cc4)c(F)c3)ccc2c1. The Hall–Kier alpha value is -7.45. The lowest BCUT2D eigenvalue weighted by molar-refractivity contribution is -0.142. The van der Waals surface area contributed by atoms with Crippen LogP contribution in [0.4, 0.5) is 30.7 Å². The van der Waals surface area contributed by atoms with Crippen molar-refractivity contribution < 1.29 is 35.5 Å². The molecule has 0 radical (unpaired) electrons. The maximum absolute atomic E-state index is 15.5. The number of aryl methyl sites for hydroxylation is 2. The lowest BCUT2D eigenvalue weighted by atomic mass is 9.92. The zero-order chi connectivity index (χ0) is 46.5. The van der Waals surface area contributed by atoms with Crippen molar-refractivity contribution >= 4 is 21.5 Å². The van der Waals surface area contributed by atoms with Gasteiger partial charge >= 0.3 is 6.18 Å². The summed E-state index contributed by atoms with van der Waals surface area (Å²) in [4.78, 5) is 0. The Labute approximate surface area is 379 Å². The quantitative estimate of drug-likeness (QED) is 0.0982. The molecule has 9 rings (SSSR count). The van der Waals surface area contributed by atoms with Gasteiger partial charge in [0, 0.05) is 11.1 Å². The van der Waals surface area contributed by atoms with E-state index in [1.807, 2.05) is 66.7 Å². The monoisotopic (exact) mass is 888 g/mol. The highest BCUT2D eigenvalue weighted by Gasteiger charge is 2.38. The van der Waals surface area contributed by atoms with Crippen molar-refractivity contribution in [3.63, 3.8) is 0 Å². The molecular formula is C58H43F7O. The molecule has 0 atom stereocenters. The first-order valence-corrected chi connectivity index (χ1v) is 21.4. The van der Waals surface area contributed by atoms with Crippen LogP contribution in [0, 0.1) is 23.3 Å². The Kier molecular flexibility index (Phi) is 13.2. The van der Waals surface area contributed by atoms with Crippen molar-refractivity contribution in [3.8, 4) is 61.4 Å². The molecule has 0 saturated heterocycles. The van der Waals surface area contributed by atoms with Gasteiger partial charge in [0.2, 0.25) is 0 Å². The molecule has 66 heavy (non-hydrogen) atoms. The molecule has 0 aliphatic rings. The molecule has 0 bridgehead atoms. The summed E-state index contributed by atoms with van der Waals surface area (Å²) >= 11 is 0. The zero-order valence-electron chi connectivity index (χ0n) is 36.1. The highest BCUT2D eigenvalue weighted by Crippen LogP contribution is 2.40. The average molecular weight is 889 g/mol. The molecule has 0 spiro atoms. The van der Waals surface area contributed by atoms with Crippen molar-refractivity contribution in [3.05, 3.63) is 222 Å². The van der Waals surface area contributed by atoms with Crippen LogP contribution in [0.25, 0.3) is 77.2 Å². The van der Waals surface area contributed by atoms with Gasteiger partial charge in [-0.1, -0.05) is 134 Å². The summed E-state index contributed by atoms with van der Waals surface area (Å²) < 4.78 is 103. The van der Waals surface area contributed by atoms with Crippen LogP contribution in [0.2, 0.25) is 0 Å². The fourth-order valence-electron chi connectivity index (χ4n) is 8.18. The van der Waals surface area contributed by atoms with E-state index in [1.165, 1.54) is 34.0 Å². The third-order valence-electron chi connectivity index (χ3n) is 11.7. The van der Waals surface area contributed by atoms with Gasteiger partial charge in [0.05, 0.1) is 7.11 Å². The minimum absolute atomic E-state index is 0.126. The van der Waals surface area contributed by atoms with Gasteiger partial charge in [-0.25, -0.2) is 17.6 Å². The summed E-state index contributed by atoms with van der Waals surface area (Å²) in [5, 5.41) is 4.47. The third-order valence-corrected chi connectivity index (χ3v) is 11.7. The highest BCUT2D eigenvalue weighted by molar-refractivity contribution is 5.90. The van der Waals surface area contributed by atoms with Crippen LogP contribution in [0.5, 0.6) is 5.75 Å². The maximum Gasteiger partial charge on any atom is 0.422 e. The van der Waals surface area contributed by atoms with Gasteiger partial charge in [0.1, 0.15) is 34.6 Å². The minimum Gasteiger partial charge on any atom is -0.497 e. The molecule has 0 aliphatic carbocycles. The normalized spacial score (nSPS) is 11.3. The number of alkyl halides is 3. The number of rotatable bonds is 10. The van der Waals surface area contributed by atoms with E-state index in [-0.39, 0.29) is 22.5 Å². The Morgan fingerprint density at radius 2 is 0.909 bits per heavy atom. The predicted molar refractivity (Wildman–Crippen MR) is 254 cm³/mol. The molecule has 0 aromatic heterocycles. The van der Waals surface area contributed by atoms with Crippen LogP contribution in [0.1, 0.15) is 30.0 Å². The summed E-state index contributed by atoms with van der Waals surface area (Å²) in [6.45, 7) is 5.91. The number of benzene rings is 9. The van der Waals surface area contributed by atoms with Crippen molar-refractivity contribution in [2.75, 3.05) is 7.11 Å². The number of halogens is 7. The highest BCUT2D eigenvalue weighted by atomic mass is 19.4. The van der Waals surface area contributed by atoms with Crippen molar-refractivity contribution in [2.45, 2.75) is 32.4 Å². The second-order valence-corrected chi connectivity index (χ2v) is 15.9.